The zero-order chi connectivity index (χ0) is 14.0. The van der Waals surface area contributed by atoms with Crippen molar-refractivity contribution >= 4 is 28.1 Å². The number of aromatic nitrogens is 2. The second-order valence-corrected chi connectivity index (χ2v) is 5.80. The average Bonchev–Trinajstić information content (AvgIpc) is 2.37. The molecule has 1 heterocycles. The van der Waals surface area contributed by atoms with Gasteiger partial charge in [-0.2, -0.15) is 0 Å². The molecule has 0 atom stereocenters. The lowest BCUT2D eigenvalue weighted by Gasteiger charge is -2.10. The maximum atomic E-state index is 5.22. The first-order chi connectivity index (χ1) is 9.01. The van der Waals surface area contributed by atoms with Crippen molar-refractivity contribution in [2.75, 3.05) is 7.11 Å². The number of hydrogen-bond acceptors (Lipinski definition) is 3. The Bertz CT molecular complexity index is 652. The largest absolute Gasteiger partial charge is 0.496 e. The van der Waals surface area contributed by atoms with Crippen LogP contribution in [0.5, 0.6) is 5.75 Å². The van der Waals surface area contributed by atoms with E-state index in [1.54, 1.807) is 7.11 Å². The molecule has 0 fully saturated rings. The Balaban J connectivity index is 2.52. The Morgan fingerprint density at radius 3 is 2.63 bits per heavy atom. The summed E-state index contributed by atoms with van der Waals surface area (Å²) in [6, 6.07) is 7.74. The average molecular weight is 339 g/mol. The van der Waals surface area contributed by atoms with E-state index >= 15 is 0 Å². The zero-order valence-corrected chi connectivity index (χ0v) is 13.4. The minimum absolute atomic E-state index is 0.380. The third-order valence-corrected chi connectivity index (χ3v) is 3.64. The van der Waals surface area contributed by atoms with Crippen molar-refractivity contribution in [2.24, 2.45) is 0 Å². The third kappa shape index (κ3) is 3.22. The molecular weight excluding hydrogens is 324 g/mol. The smallest absolute Gasteiger partial charge is 0.139 e. The second-order valence-electron chi connectivity index (χ2n) is 4.53. The molecular formula is C14H15BrN2OS. The standard InChI is InChI=1S/C14H15BrN2OS/c1-8(2)11-7-13(19)17-14(16-11)9-4-5-12(18-3)10(15)6-9/h4-8H,1-3H3,(H,16,17,19). The molecule has 0 aliphatic carbocycles. The van der Waals surface area contributed by atoms with Crippen molar-refractivity contribution in [1.29, 1.82) is 0 Å². The molecule has 100 valence electrons. The first-order valence-corrected chi connectivity index (χ1v) is 7.16. The van der Waals surface area contributed by atoms with Crippen LogP contribution in [0.25, 0.3) is 11.4 Å². The second kappa shape index (κ2) is 5.84. The van der Waals surface area contributed by atoms with Gasteiger partial charge in [0.2, 0.25) is 0 Å². The number of halogens is 1. The predicted molar refractivity (Wildman–Crippen MR) is 83.2 cm³/mol. The lowest BCUT2D eigenvalue weighted by Crippen LogP contribution is -1.98. The Kier molecular flexibility index (Phi) is 4.37. The van der Waals surface area contributed by atoms with Crippen molar-refractivity contribution in [3.63, 3.8) is 0 Å². The molecule has 1 aromatic carbocycles. The van der Waals surface area contributed by atoms with Gasteiger partial charge in [-0.15, -0.1) is 0 Å². The van der Waals surface area contributed by atoms with Crippen molar-refractivity contribution in [3.05, 3.63) is 39.1 Å². The van der Waals surface area contributed by atoms with Crippen LogP contribution in [0.15, 0.2) is 28.7 Å². The van der Waals surface area contributed by atoms with Gasteiger partial charge in [0.05, 0.1) is 11.6 Å². The summed E-state index contributed by atoms with van der Waals surface area (Å²) >= 11 is 8.70. The highest BCUT2D eigenvalue weighted by atomic mass is 79.9. The molecule has 5 heteroatoms. The zero-order valence-electron chi connectivity index (χ0n) is 11.0. The van der Waals surface area contributed by atoms with Gasteiger partial charge < -0.3 is 9.72 Å². The van der Waals surface area contributed by atoms with Crippen LogP contribution in [0.1, 0.15) is 25.5 Å². The highest BCUT2D eigenvalue weighted by Gasteiger charge is 2.08. The number of benzene rings is 1. The van der Waals surface area contributed by atoms with Crippen LogP contribution >= 0.6 is 28.1 Å². The van der Waals surface area contributed by atoms with Crippen LogP contribution in [0.3, 0.4) is 0 Å². The number of nitrogens with zero attached hydrogens (tertiary/aromatic N) is 1. The molecule has 3 nitrogen and oxygen atoms in total. The van der Waals surface area contributed by atoms with E-state index in [4.69, 9.17) is 17.0 Å². The summed E-state index contributed by atoms with van der Waals surface area (Å²) in [4.78, 5) is 7.71. The Morgan fingerprint density at radius 2 is 2.05 bits per heavy atom. The van der Waals surface area contributed by atoms with E-state index in [1.165, 1.54) is 0 Å². The summed E-state index contributed by atoms with van der Waals surface area (Å²) in [7, 11) is 1.64. The molecule has 0 aliphatic heterocycles. The number of methoxy groups -OCH3 is 1. The van der Waals surface area contributed by atoms with Crippen LogP contribution < -0.4 is 4.74 Å². The van der Waals surface area contributed by atoms with E-state index in [0.717, 1.165) is 27.3 Å². The van der Waals surface area contributed by atoms with Gasteiger partial charge >= 0.3 is 0 Å². The third-order valence-electron chi connectivity index (χ3n) is 2.81. The summed E-state index contributed by atoms with van der Waals surface area (Å²) in [6.07, 6.45) is 0. The van der Waals surface area contributed by atoms with Gasteiger partial charge in [0, 0.05) is 11.3 Å². The number of hydrogen-bond donors (Lipinski definition) is 1. The summed E-state index contributed by atoms with van der Waals surface area (Å²) in [5, 5.41) is 0. The molecule has 2 aromatic rings. The van der Waals surface area contributed by atoms with Crippen molar-refractivity contribution in [3.8, 4) is 17.1 Å². The highest BCUT2D eigenvalue weighted by molar-refractivity contribution is 9.10. The highest BCUT2D eigenvalue weighted by Crippen LogP contribution is 2.29. The maximum Gasteiger partial charge on any atom is 0.139 e. The number of ether oxygens (including phenoxy) is 1. The minimum Gasteiger partial charge on any atom is -0.496 e. The van der Waals surface area contributed by atoms with Gasteiger partial charge in [-0.25, -0.2) is 4.98 Å². The van der Waals surface area contributed by atoms with Crippen molar-refractivity contribution in [2.45, 2.75) is 19.8 Å². The topological polar surface area (TPSA) is 37.9 Å². The lowest BCUT2D eigenvalue weighted by molar-refractivity contribution is 0.412. The molecule has 0 saturated heterocycles. The molecule has 0 aliphatic rings. The number of aromatic amines is 1. The van der Waals surface area contributed by atoms with Crippen molar-refractivity contribution < 1.29 is 4.74 Å². The molecule has 2 rings (SSSR count). The SMILES string of the molecule is COc1ccc(-c2nc(=S)cc(C(C)C)[nH]2)cc1Br. The van der Waals surface area contributed by atoms with E-state index in [0.29, 0.717) is 10.6 Å². The molecule has 0 amide bonds. The van der Waals surface area contributed by atoms with Crippen LogP contribution in [0.4, 0.5) is 0 Å². The summed E-state index contributed by atoms with van der Waals surface area (Å²) in [5.74, 6) is 1.95. The van der Waals surface area contributed by atoms with E-state index < -0.39 is 0 Å². The fourth-order valence-electron chi connectivity index (χ4n) is 1.74. The Morgan fingerprint density at radius 1 is 1.32 bits per heavy atom. The molecule has 1 N–H and O–H groups in total. The number of rotatable bonds is 3. The Hall–Kier alpha value is -1.20. The number of H-pyrrole nitrogens is 1. The monoisotopic (exact) mass is 338 g/mol. The van der Waals surface area contributed by atoms with Gasteiger partial charge in [-0.3, -0.25) is 0 Å². The predicted octanol–water partition coefficient (Wildman–Crippen LogP) is 4.70. The molecule has 0 spiro atoms. The van der Waals surface area contributed by atoms with Gasteiger partial charge in [0.1, 0.15) is 16.2 Å². The van der Waals surface area contributed by atoms with Crippen LogP contribution in [0.2, 0.25) is 0 Å². The van der Waals surface area contributed by atoms with E-state index in [1.807, 2.05) is 24.3 Å². The van der Waals surface area contributed by atoms with Gasteiger partial charge in [-0.1, -0.05) is 26.1 Å². The van der Waals surface area contributed by atoms with E-state index in [2.05, 4.69) is 39.7 Å². The fourth-order valence-corrected chi connectivity index (χ4v) is 2.50. The normalized spacial score (nSPS) is 10.8. The van der Waals surface area contributed by atoms with Crippen LogP contribution in [-0.4, -0.2) is 17.1 Å². The fraction of sp³-hybridized carbons (Fsp3) is 0.286. The van der Waals surface area contributed by atoms with E-state index in [-0.39, 0.29) is 0 Å². The quantitative estimate of drug-likeness (QED) is 0.824. The summed E-state index contributed by atoms with van der Waals surface area (Å²) in [5.41, 5.74) is 2.06. The molecule has 19 heavy (non-hydrogen) atoms. The first kappa shape index (κ1) is 14.2. The molecule has 0 bridgehead atoms. The molecule has 0 unspecified atom stereocenters. The Labute approximate surface area is 126 Å². The molecule has 0 radical (unpaired) electrons. The maximum absolute atomic E-state index is 5.22. The number of nitrogens with one attached hydrogen (secondary N) is 1. The first-order valence-electron chi connectivity index (χ1n) is 5.96. The van der Waals surface area contributed by atoms with Crippen molar-refractivity contribution in [1.82, 2.24) is 9.97 Å². The van der Waals surface area contributed by atoms with Crippen LogP contribution in [-0.2, 0) is 0 Å². The lowest BCUT2D eigenvalue weighted by atomic mass is 10.1. The van der Waals surface area contributed by atoms with Gasteiger partial charge in [0.25, 0.3) is 0 Å². The van der Waals surface area contributed by atoms with Gasteiger partial charge in [0.15, 0.2) is 0 Å². The molecule has 0 saturated carbocycles. The summed E-state index contributed by atoms with van der Waals surface area (Å²) in [6.45, 7) is 4.24. The van der Waals surface area contributed by atoms with Crippen LogP contribution in [0, 0.1) is 4.64 Å². The van der Waals surface area contributed by atoms with E-state index in [9.17, 15) is 0 Å². The molecule has 1 aromatic heterocycles. The minimum atomic E-state index is 0.380. The summed E-state index contributed by atoms with van der Waals surface area (Å²) < 4.78 is 6.72. The van der Waals surface area contributed by atoms with Gasteiger partial charge in [-0.05, 0) is 46.1 Å².